The number of fused-ring (bicyclic) bond motifs is 2. The Morgan fingerprint density at radius 2 is 0.947 bits per heavy atom. The third-order valence-electron chi connectivity index (χ3n) is 8.99. The number of unbranched alkanes of at least 4 members (excludes halogenated alkanes) is 1. The van der Waals surface area contributed by atoms with Crippen LogP contribution in [0, 0.1) is 36.5 Å². The molecule has 0 unspecified atom stereocenters. The van der Waals surface area contributed by atoms with Crippen molar-refractivity contribution in [2.45, 2.75) is 47.0 Å². The number of nitrogens with one attached hydrogen (secondary N) is 2. The van der Waals surface area contributed by atoms with Crippen molar-refractivity contribution in [3.63, 3.8) is 0 Å². The van der Waals surface area contributed by atoms with E-state index in [1.54, 1.807) is 42.7 Å². The smallest absolute Gasteiger partial charge is 0.203 e. The number of methoxy groups -OCH3 is 6. The number of ether oxygens (including phenoxy) is 6. The Morgan fingerprint density at radius 1 is 0.561 bits per heavy atom. The molecule has 0 bridgehead atoms. The number of nitriles is 2. The van der Waals surface area contributed by atoms with Gasteiger partial charge >= 0.3 is 0 Å². The van der Waals surface area contributed by atoms with Crippen molar-refractivity contribution in [3.8, 4) is 69.4 Å². The second kappa shape index (κ2) is 19.2. The molecule has 0 aliphatic heterocycles. The van der Waals surface area contributed by atoms with Crippen LogP contribution in [0.1, 0.15) is 54.0 Å². The summed E-state index contributed by atoms with van der Waals surface area (Å²) in [5, 5.41) is 27.4. The number of rotatable bonds is 15. The number of hydrogen-bond donors (Lipinski definition) is 2. The summed E-state index contributed by atoms with van der Waals surface area (Å²) in [6, 6.07) is 11.8. The highest BCUT2D eigenvalue weighted by molar-refractivity contribution is 7.19. The molecule has 2 aromatic carbocycles. The number of thiophene rings is 2. The molecule has 0 radical (unpaired) electrons. The van der Waals surface area contributed by atoms with Crippen LogP contribution >= 0.6 is 22.7 Å². The Hall–Kier alpha value is -6.10. The van der Waals surface area contributed by atoms with Crippen LogP contribution < -0.4 is 39.1 Å². The Balaban J connectivity index is 0.000000218. The fraction of sp³-hybridized carbons (Fsp3) is 0.366. The second-order valence-corrected chi connectivity index (χ2v) is 14.5. The normalized spacial score (nSPS) is 10.6. The molecular weight excluding hydrogens is 765 g/mol. The molecule has 0 spiro atoms. The monoisotopic (exact) mass is 810 g/mol. The summed E-state index contributed by atoms with van der Waals surface area (Å²) in [5.41, 5.74) is 3.28. The van der Waals surface area contributed by atoms with Crippen LogP contribution in [0.3, 0.4) is 0 Å². The van der Waals surface area contributed by atoms with Crippen LogP contribution in [0.4, 0.5) is 11.6 Å². The molecule has 298 valence electrons. The largest absolute Gasteiger partial charge is 0.493 e. The summed E-state index contributed by atoms with van der Waals surface area (Å²) in [4.78, 5) is 21.8. The lowest BCUT2D eigenvalue weighted by Gasteiger charge is -2.14. The average molecular weight is 811 g/mol. The summed E-state index contributed by atoms with van der Waals surface area (Å²) in [5.74, 6) is 5.67. The fourth-order valence-electron chi connectivity index (χ4n) is 6.05. The van der Waals surface area contributed by atoms with Gasteiger partial charge in [-0.2, -0.15) is 10.5 Å². The van der Waals surface area contributed by atoms with Gasteiger partial charge in [0, 0.05) is 24.2 Å². The first kappa shape index (κ1) is 42.1. The topological polar surface area (TPSA) is 179 Å². The molecule has 0 amide bonds. The first-order valence-electron chi connectivity index (χ1n) is 18.2. The van der Waals surface area contributed by atoms with Gasteiger partial charge in [-0.05, 0) is 62.1 Å². The van der Waals surface area contributed by atoms with E-state index in [9.17, 15) is 10.5 Å². The maximum Gasteiger partial charge on any atom is 0.203 e. The lowest BCUT2D eigenvalue weighted by atomic mass is 10.1. The van der Waals surface area contributed by atoms with Crippen molar-refractivity contribution in [3.05, 3.63) is 45.1 Å². The number of hydrogen-bond acceptors (Lipinski definition) is 16. The highest BCUT2D eigenvalue weighted by atomic mass is 32.1. The maximum atomic E-state index is 9.45. The van der Waals surface area contributed by atoms with E-state index in [-0.39, 0.29) is 0 Å². The van der Waals surface area contributed by atoms with Gasteiger partial charge in [-0.25, -0.2) is 19.9 Å². The Bertz CT molecular complexity index is 2420. The molecule has 0 saturated heterocycles. The van der Waals surface area contributed by atoms with Gasteiger partial charge in [0.05, 0.1) is 53.4 Å². The van der Waals surface area contributed by atoms with Gasteiger partial charge in [-0.15, -0.1) is 22.7 Å². The van der Waals surface area contributed by atoms with Crippen LogP contribution in [-0.4, -0.2) is 75.7 Å². The van der Waals surface area contributed by atoms with E-state index in [0.29, 0.717) is 55.9 Å². The lowest BCUT2D eigenvalue weighted by Crippen LogP contribution is -2.05. The highest BCUT2D eigenvalue weighted by Gasteiger charge is 2.22. The molecule has 0 aliphatic carbocycles. The summed E-state index contributed by atoms with van der Waals surface area (Å²) in [7, 11) is 9.42. The van der Waals surface area contributed by atoms with Crippen molar-refractivity contribution in [1.29, 1.82) is 10.5 Å². The molecular formula is C41H46N8O6S2. The lowest BCUT2D eigenvalue weighted by molar-refractivity contribution is 0.324. The number of aryl methyl sites for hydroxylation is 2. The van der Waals surface area contributed by atoms with Gasteiger partial charge in [0.1, 0.15) is 43.2 Å². The molecule has 4 heterocycles. The molecule has 4 aromatic heterocycles. The third-order valence-corrected chi connectivity index (χ3v) is 11.2. The first-order valence-corrected chi connectivity index (χ1v) is 19.8. The highest BCUT2D eigenvalue weighted by Crippen LogP contribution is 2.44. The van der Waals surface area contributed by atoms with Crippen LogP contribution in [0.5, 0.6) is 34.5 Å². The van der Waals surface area contributed by atoms with E-state index in [1.165, 1.54) is 22.7 Å². The fourth-order valence-corrected chi connectivity index (χ4v) is 8.01. The molecule has 14 nitrogen and oxygen atoms in total. The van der Waals surface area contributed by atoms with E-state index in [2.05, 4.69) is 36.6 Å². The minimum atomic E-state index is 0.512. The van der Waals surface area contributed by atoms with Gasteiger partial charge < -0.3 is 39.1 Å². The van der Waals surface area contributed by atoms with Crippen LogP contribution in [0.25, 0.3) is 43.2 Å². The van der Waals surface area contributed by atoms with Crippen molar-refractivity contribution >= 4 is 54.7 Å². The van der Waals surface area contributed by atoms with Crippen molar-refractivity contribution < 1.29 is 28.4 Å². The minimum Gasteiger partial charge on any atom is -0.493 e. The van der Waals surface area contributed by atoms with Crippen molar-refractivity contribution in [2.24, 2.45) is 0 Å². The average Bonchev–Trinajstić information content (AvgIpc) is 3.76. The number of aromatic nitrogens is 4. The Morgan fingerprint density at radius 3 is 1.26 bits per heavy atom. The molecule has 2 N–H and O–H groups in total. The number of benzene rings is 2. The second-order valence-electron chi connectivity index (χ2n) is 12.5. The van der Waals surface area contributed by atoms with Gasteiger partial charge in [-0.3, -0.25) is 0 Å². The molecule has 0 saturated carbocycles. The van der Waals surface area contributed by atoms with Crippen LogP contribution in [0.2, 0.25) is 0 Å². The quantitative estimate of drug-likeness (QED) is 0.0938. The zero-order chi connectivity index (χ0) is 41.2. The van der Waals surface area contributed by atoms with Crippen molar-refractivity contribution in [1.82, 2.24) is 19.9 Å². The molecule has 0 aliphatic rings. The molecule has 0 fully saturated rings. The summed E-state index contributed by atoms with van der Waals surface area (Å²) in [6.45, 7) is 9.67. The number of nitrogens with zero attached hydrogens (tertiary/aromatic N) is 6. The van der Waals surface area contributed by atoms with E-state index in [4.69, 9.17) is 48.4 Å². The molecule has 0 atom stereocenters. The van der Waals surface area contributed by atoms with E-state index < -0.39 is 0 Å². The SMILES string of the molecule is CCCCNc1nc(-c2cc(OC)c(OC)c(OC)c2)nc2sc(C#N)c(C)c12.CCCNc1nc(-c2cc(OC)c(OC)c(OC)c2)nc2sc(C#N)c(C)c12. The van der Waals surface area contributed by atoms with E-state index in [0.717, 1.165) is 86.7 Å². The molecule has 6 rings (SSSR count). The summed E-state index contributed by atoms with van der Waals surface area (Å²) >= 11 is 2.74. The van der Waals surface area contributed by atoms with E-state index in [1.807, 2.05) is 38.1 Å². The van der Waals surface area contributed by atoms with Gasteiger partial charge in [0.25, 0.3) is 0 Å². The predicted octanol–water partition coefficient (Wildman–Crippen LogP) is 9.16. The van der Waals surface area contributed by atoms with Gasteiger partial charge in [0.2, 0.25) is 11.5 Å². The zero-order valence-corrected chi connectivity index (χ0v) is 35.4. The molecule has 6 aromatic rings. The maximum absolute atomic E-state index is 9.45. The van der Waals surface area contributed by atoms with Gasteiger partial charge in [0.15, 0.2) is 34.6 Å². The Kier molecular flexibility index (Phi) is 14.1. The van der Waals surface area contributed by atoms with Crippen LogP contribution in [0.15, 0.2) is 24.3 Å². The standard InChI is InChI=1S/C21H24N4O3S.C20H22N4O3S/c1-6-7-8-23-20-17-12(2)16(11-22)29-21(17)25-19(24-20)13-9-14(26-3)18(28-5)15(10-13)27-4;1-6-7-22-19-16-11(2)15(10-21)28-20(16)24-18(23-19)12-8-13(25-3)17(27-5)14(9-12)26-4/h9-10H,6-8H2,1-5H3,(H,23,24,25);8-9H,6-7H2,1-5H3,(H,22,23,24). The van der Waals surface area contributed by atoms with Crippen molar-refractivity contribution in [2.75, 3.05) is 66.4 Å². The molecule has 16 heteroatoms. The predicted molar refractivity (Wildman–Crippen MR) is 226 cm³/mol. The summed E-state index contributed by atoms with van der Waals surface area (Å²) in [6.07, 6.45) is 3.06. The minimum absolute atomic E-state index is 0.512. The van der Waals surface area contributed by atoms with Gasteiger partial charge in [-0.1, -0.05) is 20.3 Å². The first-order chi connectivity index (χ1) is 27.6. The third kappa shape index (κ3) is 8.67. The van der Waals surface area contributed by atoms with E-state index >= 15 is 0 Å². The summed E-state index contributed by atoms with van der Waals surface area (Å²) < 4.78 is 32.6. The Labute approximate surface area is 340 Å². The van der Waals surface area contributed by atoms with Crippen LogP contribution in [-0.2, 0) is 0 Å². The zero-order valence-electron chi connectivity index (χ0n) is 33.8. The molecule has 57 heavy (non-hydrogen) atoms. The number of anilines is 2.